The molecule has 5 unspecified atom stereocenters. The molecule has 2 bridgehead atoms. The molecular weight excluding hydrogens is 634 g/mol. The Bertz CT molecular complexity index is 1630. The minimum absolute atomic E-state index is 0.00510. The molecule has 6 rings (SSSR count). The van der Waals surface area contributed by atoms with Gasteiger partial charge in [0.05, 0.1) is 43.4 Å². The van der Waals surface area contributed by atoms with Crippen LogP contribution in [0.3, 0.4) is 0 Å². The number of ether oxygens (including phenoxy) is 3. The monoisotopic (exact) mass is 681 g/mol. The number of esters is 1. The van der Waals surface area contributed by atoms with Crippen molar-refractivity contribution >= 4 is 16.0 Å². The van der Waals surface area contributed by atoms with E-state index in [0.29, 0.717) is 43.4 Å². The van der Waals surface area contributed by atoms with Gasteiger partial charge in [-0.15, -0.1) is 0 Å². The highest BCUT2D eigenvalue weighted by Crippen LogP contribution is 2.49. The summed E-state index contributed by atoms with van der Waals surface area (Å²) in [6.07, 6.45) is 1.29. The number of aliphatic hydroxyl groups is 1. The molecular formula is C36H47N3O8S. The van der Waals surface area contributed by atoms with E-state index < -0.39 is 28.0 Å². The van der Waals surface area contributed by atoms with Crippen LogP contribution in [-0.2, 0) is 42.0 Å². The second kappa shape index (κ2) is 14.8. The van der Waals surface area contributed by atoms with Crippen LogP contribution in [0, 0.1) is 29.6 Å². The molecule has 11 nitrogen and oxygen atoms in total. The number of benzene rings is 2. The lowest BCUT2D eigenvalue weighted by atomic mass is 9.90. The fourth-order valence-corrected chi connectivity index (χ4v) is 8.91. The van der Waals surface area contributed by atoms with E-state index in [2.05, 4.69) is 4.98 Å². The third-order valence-corrected chi connectivity index (χ3v) is 11.5. The number of fused-ring (bicyclic) bond motifs is 1. The maximum atomic E-state index is 14.0. The summed E-state index contributed by atoms with van der Waals surface area (Å²) in [4.78, 5) is 19.9. The SMILES string of the molecule is CC(C)CN(C[C@@H](O)[C@@H](CC(=O)OC1C2COC3OCC1C3C2)Cc1ccccc1)S(=O)(=O)c1ccc(-c2cnc(CN(C)C)o2)cc1. The minimum Gasteiger partial charge on any atom is -0.462 e. The average molecular weight is 682 g/mol. The summed E-state index contributed by atoms with van der Waals surface area (Å²) >= 11 is 0. The van der Waals surface area contributed by atoms with Crippen molar-refractivity contribution in [2.75, 3.05) is 40.4 Å². The van der Waals surface area contributed by atoms with Crippen molar-refractivity contribution < 1.29 is 36.9 Å². The fourth-order valence-electron chi connectivity index (χ4n) is 7.29. The number of sulfonamides is 1. The van der Waals surface area contributed by atoms with Crippen molar-refractivity contribution in [3.8, 4) is 11.3 Å². The predicted molar refractivity (Wildman–Crippen MR) is 178 cm³/mol. The van der Waals surface area contributed by atoms with Gasteiger partial charge in [-0.1, -0.05) is 44.2 Å². The molecule has 260 valence electrons. The number of hydrogen-bond acceptors (Lipinski definition) is 10. The van der Waals surface area contributed by atoms with E-state index in [1.165, 1.54) is 4.31 Å². The maximum absolute atomic E-state index is 14.0. The van der Waals surface area contributed by atoms with Gasteiger partial charge in [-0.05, 0) is 62.7 Å². The highest BCUT2D eigenvalue weighted by atomic mass is 32.2. The van der Waals surface area contributed by atoms with Gasteiger partial charge in [-0.2, -0.15) is 4.31 Å². The summed E-state index contributed by atoms with van der Waals surface area (Å²) in [5, 5.41) is 11.7. The van der Waals surface area contributed by atoms with Crippen molar-refractivity contribution in [2.24, 2.45) is 29.6 Å². The van der Waals surface area contributed by atoms with E-state index >= 15 is 0 Å². The minimum atomic E-state index is -3.99. The first-order valence-electron chi connectivity index (χ1n) is 16.8. The molecule has 2 aliphatic heterocycles. The van der Waals surface area contributed by atoms with E-state index in [1.54, 1.807) is 30.5 Å². The molecule has 2 saturated heterocycles. The first-order chi connectivity index (χ1) is 23.0. The smallest absolute Gasteiger partial charge is 0.306 e. The van der Waals surface area contributed by atoms with E-state index in [-0.39, 0.29) is 60.5 Å². The van der Waals surface area contributed by atoms with E-state index in [1.807, 2.05) is 63.2 Å². The molecule has 48 heavy (non-hydrogen) atoms. The second-order valence-electron chi connectivity index (χ2n) is 14.1. The molecule has 0 spiro atoms. The summed E-state index contributed by atoms with van der Waals surface area (Å²) in [5.41, 5.74) is 1.65. The Labute approximate surface area is 283 Å². The van der Waals surface area contributed by atoms with Crippen molar-refractivity contribution in [1.29, 1.82) is 0 Å². The lowest BCUT2D eigenvalue weighted by molar-refractivity contribution is -0.178. The lowest BCUT2D eigenvalue weighted by Gasteiger charge is -2.31. The Kier molecular flexibility index (Phi) is 10.7. The molecule has 3 fully saturated rings. The van der Waals surface area contributed by atoms with Gasteiger partial charge in [-0.25, -0.2) is 13.4 Å². The predicted octanol–water partition coefficient (Wildman–Crippen LogP) is 4.21. The van der Waals surface area contributed by atoms with Crippen LogP contribution in [0.2, 0.25) is 0 Å². The Balaban J connectivity index is 1.18. The standard InChI is InChI=1S/C36H47N3O8S/c1-23(2)18-39(48(42,43)28-12-10-25(11-13-28)32-17-37-33(46-32)20-38(3)4)19-31(40)26(14-24-8-6-5-7-9-24)16-34(41)47-35-27-15-29-30(35)22-45-36(29)44-21-27/h5-13,17,23,26-27,29-31,35-36,40H,14-16,18-22H2,1-4H3/t26-,27?,29?,30?,31-,35?,36?/m1/s1. The Morgan fingerprint density at radius 2 is 1.75 bits per heavy atom. The number of rotatable bonds is 15. The lowest BCUT2D eigenvalue weighted by Crippen LogP contribution is -2.43. The van der Waals surface area contributed by atoms with Crippen LogP contribution >= 0.6 is 0 Å². The van der Waals surface area contributed by atoms with Gasteiger partial charge in [0.25, 0.3) is 0 Å². The number of oxazole rings is 1. The second-order valence-corrected chi connectivity index (χ2v) is 16.1. The summed E-state index contributed by atoms with van der Waals surface area (Å²) in [6.45, 7) is 5.48. The number of carbonyl (C=O) groups is 1. The fraction of sp³-hybridized carbons (Fsp3) is 0.556. The third kappa shape index (κ3) is 7.85. The summed E-state index contributed by atoms with van der Waals surface area (Å²) in [6, 6.07) is 16.1. The van der Waals surface area contributed by atoms with E-state index in [0.717, 1.165) is 12.0 Å². The van der Waals surface area contributed by atoms with Gasteiger partial charge in [-0.3, -0.25) is 4.79 Å². The van der Waals surface area contributed by atoms with Crippen LogP contribution in [0.4, 0.5) is 0 Å². The van der Waals surface area contributed by atoms with Crippen molar-refractivity contribution in [2.45, 2.75) is 63.0 Å². The zero-order valence-corrected chi connectivity index (χ0v) is 28.9. The summed E-state index contributed by atoms with van der Waals surface area (Å²) in [7, 11) is -0.145. The molecule has 12 heteroatoms. The normalized spacial score (nSPS) is 24.8. The molecule has 3 aromatic rings. The Morgan fingerprint density at radius 3 is 2.46 bits per heavy atom. The zero-order chi connectivity index (χ0) is 34.0. The first kappa shape index (κ1) is 34.7. The quantitative estimate of drug-likeness (QED) is 0.233. The molecule has 1 aliphatic carbocycles. The van der Waals surface area contributed by atoms with Gasteiger partial charge >= 0.3 is 5.97 Å². The average Bonchev–Trinajstić information content (AvgIpc) is 3.75. The van der Waals surface area contributed by atoms with Gasteiger partial charge in [0.1, 0.15) is 6.10 Å². The van der Waals surface area contributed by atoms with Gasteiger partial charge in [0.2, 0.25) is 15.9 Å². The van der Waals surface area contributed by atoms with Crippen LogP contribution in [-0.4, -0.2) is 92.6 Å². The number of nitrogens with zero attached hydrogens (tertiary/aromatic N) is 3. The van der Waals surface area contributed by atoms with Crippen molar-refractivity contribution in [3.05, 3.63) is 72.2 Å². The van der Waals surface area contributed by atoms with Crippen LogP contribution in [0.15, 0.2) is 70.1 Å². The van der Waals surface area contributed by atoms with Crippen LogP contribution in [0.1, 0.15) is 38.1 Å². The van der Waals surface area contributed by atoms with Gasteiger partial charge in [0.15, 0.2) is 12.1 Å². The van der Waals surface area contributed by atoms with Crippen molar-refractivity contribution in [3.63, 3.8) is 0 Å². The molecule has 1 saturated carbocycles. The van der Waals surface area contributed by atoms with Crippen LogP contribution < -0.4 is 0 Å². The zero-order valence-electron chi connectivity index (χ0n) is 28.1. The summed E-state index contributed by atoms with van der Waals surface area (Å²) < 4.78 is 53.0. The molecule has 7 atom stereocenters. The van der Waals surface area contributed by atoms with Crippen LogP contribution in [0.25, 0.3) is 11.3 Å². The molecule has 2 aromatic carbocycles. The molecule has 0 radical (unpaired) electrons. The number of carbonyl (C=O) groups excluding carboxylic acids is 1. The number of aliphatic hydroxyl groups excluding tert-OH is 1. The highest BCUT2D eigenvalue weighted by molar-refractivity contribution is 7.89. The van der Waals surface area contributed by atoms with E-state index in [9.17, 15) is 18.3 Å². The van der Waals surface area contributed by atoms with Gasteiger partial charge in [0, 0.05) is 42.3 Å². The highest BCUT2D eigenvalue weighted by Gasteiger charge is 2.56. The maximum Gasteiger partial charge on any atom is 0.306 e. The van der Waals surface area contributed by atoms with Crippen molar-refractivity contribution in [1.82, 2.24) is 14.2 Å². The molecule has 0 amide bonds. The largest absolute Gasteiger partial charge is 0.462 e. The number of hydrogen-bond donors (Lipinski definition) is 1. The first-order valence-corrected chi connectivity index (χ1v) is 18.3. The molecule has 3 heterocycles. The third-order valence-electron chi connectivity index (χ3n) is 9.61. The Hall–Kier alpha value is -3.13. The molecule has 3 aliphatic rings. The topological polar surface area (TPSA) is 132 Å². The Morgan fingerprint density at radius 1 is 1.02 bits per heavy atom. The van der Waals surface area contributed by atoms with Crippen LogP contribution in [0.5, 0.6) is 0 Å². The summed E-state index contributed by atoms with van der Waals surface area (Å²) in [5.74, 6) is 0.649. The molecule has 1 aromatic heterocycles. The number of aromatic nitrogens is 1. The van der Waals surface area contributed by atoms with Gasteiger partial charge < -0.3 is 28.6 Å². The molecule has 1 N–H and O–H groups in total. The van der Waals surface area contributed by atoms with E-state index in [4.69, 9.17) is 18.6 Å².